The summed E-state index contributed by atoms with van der Waals surface area (Å²) in [5.41, 5.74) is 3.90. The zero-order chi connectivity index (χ0) is 15.4. The number of likely N-dealkylation sites (tertiary alicyclic amines) is 1. The van der Waals surface area contributed by atoms with Crippen molar-refractivity contribution in [2.75, 3.05) is 13.7 Å². The van der Waals surface area contributed by atoms with E-state index in [1.54, 1.807) is 7.11 Å². The summed E-state index contributed by atoms with van der Waals surface area (Å²) >= 11 is 0. The molecule has 0 unspecified atom stereocenters. The predicted octanol–water partition coefficient (Wildman–Crippen LogP) is 4.13. The average molecular weight is 296 g/mol. The lowest BCUT2D eigenvalue weighted by molar-refractivity contribution is 0.140. The van der Waals surface area contributed by atoms with Crippen LogP contribution < -0.4 is 4.74 Å². The van der Waals surface area contributed by atoms with Crippen LogP contribution in [0, 0.1) is 6.92 Å². The summed E-state index contributed by atoms with van der Waals surface area (Å²) in [6.45, 7) is 4.26. The molecule has 3 nitrogen and oxygen atoms in total. The van der Waals surface area contributed by atoms with Crippen LogP contribution in [0.15, 0.2) is 42.7 Å². The molecular formula is C19H24N2O. The molecule has 2 aromatic rings. The van der Waals surface area contributed by atoms with Gasteiger partial charge >= 0.3 is 0 Å². The van der Waals surface area contributed by atoms with Crippen LogP contribution in [0.25, 0.3) is 0 Å². The lowest BCUT2D eigenvalue weighted by Gasteiger charge is -2.36. The van der Waals surface area contributed by atoms with Gasteiger partial charge in [0.15, 0.2) is 0 Å². The molecule has 0 N–H and O–H groups in total. The van der Waals surface area contributed by atoms with Crippen molar-refractivity contribution in [3.05, 3.63) is 59.4 Å². The minimum Gasteiger partial charge on any atom is -0.496 e. The molecule has 3 rings (SSSR count). The van der Waals surface area contributed by atoms with Gasteiger partial charge in [0, 0.05) is 25.0 Å². The smallest absolute Gasteiger partial charge is 0.121 e. The quantitative estimate of drug-likeness (QED) is 0.848. The van der Waals surface area contributed by atoms with E-state index in [0.717, 1.165) is 18.8 Å². The monoisotopic (exact) mass is 296 g/mol. The van der Waals surface area contributed by atoms with Crippen molar-refractivity contribution >= 4 is 0 Å². The number of hydrogen-bond donors (Lipinski definition) is 0. The number of rotatable bonds is 4. The Morgan fingerprint density at radius 2 is 2.18 bits per heavy atom. The van der Waals surface area contributed by atoms with Crippen LogP contribution in [0.1, 0.15) is 42.0 Å². The number of benzene rings is 1. The summed E-state index contributed by atoms with van der Waals surface area (Å²) in [7, 11) is 1.73. The molecule has 1 atom stereocenters. The second-order valence-corrected chi connectivity index (χ2v) is 6.07. The molecule has 116 valence electrons. The van der Waals surface area contributed by atoms with Crippen molar-refractivity contribution < 1.29 is 4.74 Å². The number of aryl methyl sites for hydroxylation is 1. The van der Waals surface area contributed by atoms with Gasteiger partial charge in [-0.15, -0.1) is 0 Å². The van der Waals surface area contributed by atoms with E-state index < -0.39 is 0 Å². The van der Waals surface area contributed by atoms with Crippen molar-refractivity contribution in [2.45, 2.75) is 38.8 Å². The molecule has 0 bridgehead atoms. The van der Waals surface area contributed by atoms with Crippen LogP contribution in [0.2, 0.25) is 0 Å². The molecule has 1 aromatic heterocycles. The Kier molecular flexibility index (Phi) is 4.74. The Bertz CT molecular complexity index is 612. The first-order chi connectivity index (χ1) is 10.8. The van der Waals surface area contributed by atoms with Crippen molar-refractivity contribution in [1.29, 1.82) is 0 Å². The van der Waals surface area contributed by atoms with Crippen molar-refractivity contribution in [2.24, 2.45) is 0 Å². The van der Waals surface area contributed by atoms with Gasteiger partial charge in [-0.25, -0.2) is 0 Å². The summed E-state index contributed by atoms with van der Waals surface area (Å²) < 4.78 is 5.36. The van der Waals surface area contributed by atoms with Gasteiger partial charge < -0.3 is 4.74 Å². The average Bonchev–Trinajstić information content (AvgIpc) is 2.56. The van der Waals surface area contributed by atoms with Gasteiger partial charge in [0.25, 0.3) is 0 Å². The maximum absolute atomic E-state index is 5.36. The van der Waals surface area contributed by atoms with E-state index in [9.17, 15) is 0 Å². The van der Waals surface area contributed by atoms with Gasteiger partial charge in [-0.1, -0.05) is 24.6 Å². The van der Waals surface area contributed by atoms with Crippen LogP contribution in [0.5, 0.6) is 5.75 Å². The lowest BCUT2D eigenvalue weighted by atomic mass is 9.95. The first-order valence-electron chi connectivity index (χ1n) is 8.05. The summed E-state index contributed by atoms with van der Waals surface area (Å²) in [4.78, 5) is 6.88. The highest BCUT2D eigenvalue weighted by Gasteiger charge is 2.24. The number of piperidine rings is 1. The topological polar surface area (TPSA) is 25.4 Å². The molecule has 0 radical (unpaired) electrons. The number of ether oxygens (including phenoxy) is 1. The Morgan fingerprint density at radius 3 is 2.91 bits per heavy atom. The van der Waals surface area contributed by atoms with E-state index in [1.165, 1.54) is 36.0 Å². The summed E-state index contributed by atoms with van der Waals surface area (Å²) in [5, 5.41) is 0. The van der Waals surface area contributed by atoms with Crippen molar-refractivity contribution in [1.82, 2.24) is 9.88 Å². The number of methoxy groups -OCH3 is 1. The lowest BCUT2D eigenvalue weighted by Crippen LogP contribution is -2.33. The predicted molar refractivity (Wildman–Crippen MR) is 89.0 cm³/mol. The van der Waals surface area contributed by atoms with Crippen LogP contribution in [0.3, 0.4) is 0 Å². The van der Waals surface area contributed by atoms with Gasteiger partial charge in [-0.3, -0.25) is 9.88 Å². The minimum atomic E-state index is 0.491. The van der Waals surface area contributed by atoms with Gasteiger partial charge in [-0.05, 0) is 55.1 Å². The molecule has 0 saturated carbocycles. The fraction of sp³-hybridized carbons (Fsp3) is 0.421. The Morgan fingerprint density at radius 1 is 1.27 bits per heavy atom. The summed E-state index contributed by atoms with van der Waals surface area (Å²) in [6.07, 6.45) is 7.68. The van der Waals surface area contributed by atoms with Gasteiger partial charge in [0.1, 0.15) is 5.75 Å². The maximum atomic E-state index is 5.36. The van der Waals surface area contributed by atoms with Crippen molar-refractivity contribution in [3.8, 4) is 5.75 Å². The second-order valence-electron chi connectivity index (χ2n) is 6.07. The molecule has 22 heavy (non-hydrogen) atoms. The van der Waals surface area contributed by atoms with Crippen LogP contribution >= 0.6 is 0 Å². The highest BCUT2D eigenvalue weighted by atomic mass is 16.5. The molecule has 0 aliphatic carbocycles. The fourth-order valence-electron chi connectivity index (χ4n) is 3.40. The molecule has 2 heterocycles. The number of aromatic nitrogens is 1. The third-order valence-corrected chi connectivity index (χ3v) is 4.53. The molecule has 3 heteroatoms. The molecule has 1 aliphatic heterocycles. The second kappa shape index (κ2) is 6.93. The molecule has 0 spiro atoms. The Balaban J connectivity index is 1.78. The maximum Gasteiger partial charge on any atom is 0.121 e. The van der Waals surface area contributed by atoms with Gasteiger partial charge in [0.05, 0.1) is 7.11 Å². The summed E-state index contributed by atoms with van der Waals surface area (Å²) in [5.74, 6) is 0.964. The van der Waals surface area contributed by atoms with Crippen molar-refractivity contribution in [3.63, 3.8) is 0 Å². The normalized spacial score (nSPS) is 19.1. The SMILES string of the molecule is COc1ccc(CN2CCCC[C@H]2c2cccnc2)cc1C. The minimum absolute atomic E-state index is 0.491. The molecule has 1 fully saturated rings. The first-order valence-corrected chi connectivity index (χ1v) is 8.05. The molecule has 1 saturated heterocycles. The van der Waals surface area contributed by atoms with E-state index in [-0.39, 0.29) is 0 Å². The standard InChI is InChI=1S/C19H24N2O/c1-15-12-16(8-9-19(15)22-2)14-21-11-4-3-7-18(21)17-6-5-10-20-13-17/h5-6,8-10,12-13,18H,3-4,7,11,14H2,1-2H3/t18-/m0/s1. The molecule has 1 aromatic carbocycles. The molecule has 1 aliphatic rings. The first kappa shape index (κ1) is 15.0. The number of nitrogens with zero attached hydrogens (tertiary/aromatic N) is 2. The van der Waals surface area contributed by atoms with E-state index in [4.69, 9.17) is 4.74 Å². The third-order valence-electron chi connectivity index (χ3n) is 4.53. The Hall–Kier alpha value is -1.87. The van der Waals surface area contributed by atoms with E-state index in [2.05, 4.69) is 41.1 Å². The van der Waals surface area contributed by atoms with Crippen LogP contribution in [0.4, 0.5) is 0 Å². The van der Waals surface area contributed by atoms with E-state index in [1.807, 2.05) is 18.5 Å². The highest BCUT2D eigenvalue weighted by molar-refractivity contribution is 5.36. The number of hydrogen-bond acceptors (Lipinski definition) is 3. The highest BCUT2D eigenvalue weighted by Crippen LogP contribution is 2.32. The van der Waals surface area contributed by atoms with E-state index in [0.29, 0.717) is 6.04 Å². The third kappa shape index (κ3) is 3.30. The largest absolute Gasteiger partial charge is 0.496 e. The zero-order valence-corrected chi connectivity index (χ0v) is 13.5. The Labute approximate surface area is 132 Å². The fourth-order valence-corrected chi connectivity index (χ4v) is 3.40. The van der Waals surface area contributed by atoms with Crippen LogP contribution in [-0.4, -0.2) is 23.5 Å². The van der Waals surface area contributed by atoms with Gasteiger partial charge in [-0.2, -0.15) is 0 Å². The molecular weight excluding hydrogens is 272 g/mol. The van der Waals surface area contributed by atoms with E-state index >= 15 is 0 Å². The van der Waals surface area contributed by atoms with Crippen LogP contribution in [-0.2, 0) is 6.54 Å². The van der Waals surface area contributed by atoms with Gasteiger partial charge in [0.2, 0.25) is 0 Å². The zero-order valence-electron chi connectivity index (χ0n) is 13.5. The number of pyridine rings is 1. The molecule has 0 amide bonds. The summed E-state index contributed by atoms with van der Waals surface area (Å²) in [6, 6.07) is 11.2.